The van der Waals surface area contributed by atoms with E-state index in [1.54, 1.807) is 19.5 Å². The van der Waals surface area contributed by atoms with Crippen LogP contribution < -0.4 is 10.2 Å². The van der Waals surface area contributed by atoms with E-state index in [1.807, 2.05) is 36.0 Å². The zero-order valence-corrected chi connectivity index (χ0v) is 15.8. The first-order valence-corrected chi connectivity index (χ1v) is 9.48. The Hall–Kier alpha value is -2.67. The van der Waals surface area contributed by atoms with Gasteiger partial charge in [-0.1, -0.05) is 0 Å². The molecule has 0 aliphatic heterocycles. The van der Waals surface area contributed by atoms with E-state index in [2.05, 4.69) is 15.5 Å². The Labute approximate surface area is 158 Å². The number of ether oxygens (including phenoxy) is 2. The highest BCUT2D eigenvalue weighted by Crippen LogP contribution is 2.29. The molecule has 0 amide bonds. The summed E-state index contributed by atoms with van der Waals surface area (Å²) in [5.41, 5.74) is 6.94. The number of pyridine rings is 2. The molecular weight excluding hydrogens is 342 g/mol. The van der Waals surface area contributed by atoms with Gasteiger partial charge in [0, 0.05) is 19.9 Å². The maximum absolute atomic E-state index is 5.63. The van der Waals surface area contributed by atoms with Crippen molar-refractivity contribution in [2.45, 2.75) is 32.3 Å². The van der Waals surface area contributed by atoms with Gasteiger partial charge in [-0.3, -0.25) is 0 Å². The highest BCUT2D eigenvalue weighted by Gasteiger charge is 2.24. The number of aromatic nitrogens is 4. The molecule has 1 N–H and O–H groups in total. The summed E-state index contributed by atoms with van der Waals surface area (Å²) >= 11 is 0. The van der Waals surface area contributed by atoms with Gasteiger partial charge in [-0.05, 0) is 56.4 Å². The Morgan fingerprint density at radius 2 is 2.19 bits per heavy atom. The molecule has 27 heavy (non-hydrogen) atoms. The predicted octanol–water partition coefficient (Wildman–Crippen LogP) is 3.25. The molecule has 0 spiro atoms. The number of methoxy groups -OCH3 is 1. The molecule has 2 unspecified atom stereocenters. The molecule has 2 atom stereocenters. The molecule has 0 bridgehead atoms. The van der Waals surface area contributed by atoms with Crippen molar-refractivity contribution < 1.29 is 9.47 Å². The van der Waals surface area contributed by atoms with Gasteiger partial charge in [-0.15, -0.1) is 0 Å². The summed E-state index contributed by atoms with van der Waals surface area (Å²) in [7, 11) is 1.80. The average Bonchev–Trinajstić information content (AvgIpc) is 3.33. The van der Waals surface area contributed by atoms with Gasteiger partial charge in [0.05, 0.1) is 30.2 Å². The lowest BCUT2D eigenvalue weighted by molar-refractivity contribution is 0.106. The van der Waals surface area contributed by atoms with Crippen LogP contribution in [0, 0.1) is 5.92 Å². The quantitative estimate of drug-likeness (QED) is 0.691. The largest absolute Gasteiger partial charge is 0.477 e. The molecule has 1 aliphatic rings. The molecule has 7 heteroatoms. The third-order valence-corrected chi connectivity index (χ3v) is 5.11. The fourth-order valence-electron chi connectivity index (χ4n) is 3.67. The first-order valence-electron chi connectivity index (χ1n) is 9.48. The Bertz CT molecular complexity index is 910. The minimum absolute atomic E-state index is 0.398. The summed E-state index contributed by atoms with van der Waals surface area (Å²) in [5, 5.41) is 4.45. The summed E-state index contributed by atoms with van der Waals surface area (Å²) in [6.45, 7) is 3.40. The van der Waals surface area contributed by atoms with Gasteiger partial charge in [0.25, 0.3) is 0 Å². The molecule has 1 fully saturated rings. The highest BCUT2D eigenvalue weighted by molar-refractivity contribution is 5.79. The van der Waals surface area contributed by atoms with Crippen LogP contribution in [0.4, 0.5) is 0 Å². The van der Waals surface area contributed by atoms with Gasteiger partial charge >= 0.3 is 0 Å². The van der Waals surface area contributed by atoms with Gasteiger partial charge in [0.15, 0.2) is 0 Å². The fourth-order valence-corrected chi connectivity index (χ4v) is 3.67. The van der Waals surface area contributed by atoms with Crippen molar-refractivity contribution in [2.75, 3.05) is 25.7 Å². The van der Waals surface area contributed by atoms with Crippen molar-refractivity contribution in [1.82, 2.24) is 19.9 Å². The minimum Gasteiger partial charge on any atom is -0.477 e. The second kappa shape index (κ2) is 7.92. The summed E-state index contributed by atoms with van der Waals surface area (Å²) in [4.78, 5) is 10.9. The van der Waals surface area contributed by atoms with Gasteiger partial charge in [0.1, 0.15) is 11.0 Å². The monoisotopic (exact) mass is 367 g/mol. The summed E-state index contributed by atoms with van der Waals surface area (Å²) < 4.78 is 11.1. The first-order chi connectivity index (χ1) is 13.3. The van der Waals surface area contributed by atoms with Crippen molar-refractivity contribution >= 4 is 11.0 Å². The van der Waals surface area contributed by atoms with Crippen molar-refractivity contribution in [3.8, 4) is 17.1 Å². The molecule has 3 aromatic rings. The van der Waals surface area contributed by atoms with E-state index >= 15 is 0 Å². The number of rotatable bonds is 7. The molecular formula is C20H25N5O2. The lowest BCUT2D eigenvalue weighted by atomic mass is 10.1. The normalized spacial score (nSPS) is 19.5. The maximum Gasteiger partial charge on any atom is 0.222 e. The Balaban J connectivity index is 1.52. The predicted molar refractivity (Wildman–Crippen MR) is 104 cm³/mol. The molecule has 7 nitrogen and oxygen atoms in total. The van der Waals surface area contributed by atoms with Crippen LogP contribution >= 0.6 is 0 Å². The molecule has 3 aromatic heterocycles. The third-order valence-electron chi connectivity index (χ3n) is 5.11. The van der Waals surface area contributed by atoms with Gasteiger partial charge < -0.3 is 14.9 Å². The topological polar surface area (TPSA) is 74.1 Å². The average molecular weight is 367 g/mol. The van der Waals surface area contributed by atoms with E-state index in [4.69, 9.17) is 14.5 Å². The van der Waals surface area contributed by atoms with Crippen molar-refractivity contribution in [3.05, 3.63) is 36.7 Å². The number of nitrogens with one attached hydrogen (secondary N) is 1. The molecule has 0 aromatic carbocycles. The van der Waals surface area contributed by atoms with Crippen LogP contribution in [0.5, 0.6) is 5.88 Å². The molecule has 4 rings (SSSR count). The number of hydrogen-bond donors (Lipinski definition) is 1. The molecule has 3 heterocycles. The van der Waals surface area contributed by atoms with Crippen LogP contribution in [-0.4, -0.2) is 46.2 Å². The van der Waals surface area contributed by atoms with E-state index < -0.39 is 0 Å². The lowest BCUT2D eigenvalue weighted by Gasteiger charge is -2.13. The first kappa shape index (κ1) is 17.7. The maximum atomic E-state index is 5.63. The smallest absolute Gasteiger partial charge is 0.222 e. The third kappa shape index (κ3) is 3.73. The standard InChI is InChI=1S/C20H25N5O2/c1-3-27-20-16(5-4-10-21-20)17-8-9-19-18(24-17)13-23-25(19)22-12-14-6-7-15(11-14)26-2/h4-5,8-10,13-15,22H,3,6-7,11-12H2,1-2H3. The highest BCUT2D eigenvalue weighted by atomic mass is 16.5. The Morgan fingerprint density at radius 3 is 3.00 bits per heavy atom. The van der Waals surface area contributed by atoms with Crippen molar-refractivity contribution in [3.63, 3.8) is 0 Å². The van der Waals surface area contributed by atoms with Crippen LogP contribution in [0.25, 0.3) is 22.3 Å². The molecule has 0 saturated heterocycles. The summed E-state index contributed by atoms with van der Waals surface area (Å²) in [6.07, 6.45) is 7.34. The van der Waals surface area contributed by atoms with Crippen LogP contribution in [0.2, 0.25) is 0 Å². The van der Waals surface area contributed by atoms with E-state index in [0.717, 1.165) is 41.7 Å². The van der Waals surface area contributed by atoms with Gasteiger partial charge in [-0.25, -0.2) is 9.97 Å². The van der Waals surface area contributed by atoms with E-state index in [0.29, 0.717) is 24.5 Å². The number of hydrogen-bond acceptors (Lipinski definition) is 6. The SMILES string of the molecule is CCOc1ncccc1-c1ccc2c(cnn2NCC2CCC(OC)C2)n1. The Morgan fingerprint density at radius 1 is 1.26 bits per heavy atom. The van der Waals surface area contributed by atoms with Crippen LogP contribution in [0.3, 0.4) is 0 Å². The molecule has 1 saturated carbocycles. The minimum atomic E-state index is 0.398. The molecule has 142 valence electrons. The zero-order chi connectivity index (χ0) is 18.6. The van der Waals surface area contributed by atoms with E-state index in [1.165, 1.54) is 6.42 Å². The van der Waals surface area contributed by atoms with Crippen LogP contribution in [-0.2, 0) is 4.74 Å². The zero-order valence-electron chi connectivity index (χ0n) is 15.8. The second-order valence-electron chi connectivity index (χ2n) is 6.85. The van der Waals surface area contributed by atoms with Crippen LogP contribution in [0.1, 0.15) is 26.2 Å². The van der Waals surface area contributed by atoms with Gasteiger partial charge in [0.2, 0.25) is 5.88 Å². The van der Waals surface area contributed by atoms with Crippen molar-refractivity contribution in [2.24, 2.45) is 5.92 Å². The molecule has 1 aliphatic carbocycles. The Kier molecular flexibility index (Phi) is 5.20. The number of fused-ring (bicyclic) bond motifs is 1. The fraction of sp³-hybridized carbons (Fsp3) is 0.450. The van der Waals surface area contributed by atoms with E-state index in [-0.39, 0.29) is 0 Å². The summed E-state index contributed by atoms with van der Waals surface area (Å²) in [5.74, 6) is 1.22. The summed E-state index contributed by atoms with van der Waals surface area (Å²) in [6, 6.07) is 7.88. The molecule has 0 radical (unpaired) electrons. The van der Waals surface area contributed by atoms with E-state index in [9.17, 15) is 0 Å². The van der Waals surface area contributed by atoms with Gasteiger partial charge in [-0.2, -0.15) is 9.89 Å². The lowest BCUT2D eigenvalue weighted by Crippen LogP contribution is -2.22. The van der Waals surface area contributed by atoms with Crippen LogP contribution in [0.15, 0.2) is 36.7 Å². The van der Waals surface area contributed by atoms with Crippen molar-refractivity contribution in [1.29, 1.82) is 0 Å². The second-order valence-corrected chi connectivity index (χ2v) is 6.85. The number of nitrogens with zero attached hydrogens (tertiary/aromatic N) is 4.